The predicted octanol–water partition coefficient (Wildman–Crippen LogP) is 3.07. The Kier molecular flexibility index (Phi) is 8.02. The van der Waals surface area contributed by atoms with Gasteiger partial charge < -0.3 is 9.64 Å². The number of hydrogen-bond acceptors (Lipinski definition) is 9. The second-order valence-electron chi connectivity index (χ2n) is 8.90. The van der Waals surface area contributed by atoms with Gasteiger partial charge in [0.25, 0.3) is 11.6 Å². The third-order valence-electron chi connectivity index (χ3n) is 6.26. The van der Waals surface area contributed by atoms with E-state index < -0.39 is 32.9 Å². The summed E-state index contributed by atoms with van der Waals surface area (Å²) in [4.78, 5) is 47.2. The van der Waals surface area contributed by atoms with Gasteiger partial charge in [-0.15, -0.1) is 0 Å². The average molecular weight is 554 g/mol. The van der Waals surface area contributed by atoms with Crippen molar-refractivity contribution < 1.29 is 27.7 Å². The highest BCUT2D eigenvalue weighted by atomic mass is 32.2. The van der Waals surface area contributed by atoms with Gasteiger partial charge in [0.05, 0.1) is 22.1 Å². The summed E-state index contributed by atoms with van der Waals surface area (Å²) in [5, 5.41) is 10.9. The Morgan fingerprint density at radius 3 is 2.33 bits per heavy atom. The first-order valence-corrected chi connectivity index (χ1v) is 13.6. The third-order valence-corrected chi connectivity index (χ3v) is 8.29. The summed E-state index contributed by atoms with van der Waals surface area (Å²) in [6, 6.07) is 13.0. The molecule has 1 unspecified atom stereocenters. The maximum Gasteiger partial charge on any atom is 0.342 e. The van der Waals surface area contributed by atoms with Crippen molar-refractivity contribution in [3.05, 3.63) is 81.8 Å². The molecule has 12 nitrogen and oxygen atoms in total. The lowest BCUT2D eigenvalue weighted by Crippen LogP contribution is -2.55. The van der Waals surface area contributed by atoms with Crippen LogP contribution in [0.25, 0.3) is 11.3 Å². The fourth-order valence-corrected chi connectivity index (χ4v) is 6.05. The zero-order valence-electron chi connectivity index (χ0n) is 21.6. The lowest BCUT2D eigenvalue weighted by molar-refractivity contribution is -0.384. The molecule has 0 spiro atoms. The molecule has 1 aliphatic heterocycles. The molecule has 204 valence electrons. The molecule has 13 heteroatoms. The highest BCUT2D eigenvalue weighted by molar-refractivity contribution is 7.89. The molecule has 0 saturated carbocycles. The van der Waals surface area contributed by atoms with Gasteiger partial charge in [0, 0.05) is 43.4 Å². The molecular formula is C26H27N5O7S. The van der Waals surface area contributed by atoms with Crippen molar-refractivity contribution in [2.24, 2.45) is 0 Å². The predicted molar refractivity (Wildman–Crippen MR) is 141 cm³/mol. The number of rotatable bonds is 7. The zero-order valence-corrected chi connectivity index (χ0v) is 22.4. The standard InChI is InChI=1S/C26H27N5O7S/c1-4-38-26(33)22-23(19-8-6-5-7-9-19)27-18(3)28-24(22)25(32)29-14-15-30(17(2)16-29)39(36,37)21-12-10-20(11-13-21)31(34)35/h5-13,17H,4,14-16H2,1-3H3. The SMILES string of the molecule is CCOC(=O)c1c(C(=O)N2CCN(S(=O)(=O)c3ccc([N+](=O)[O-])cc3)C(C)C2)nc(C)nc1-c1ccccc1. The van der Waals surface area contributed by atoms with Crippen molar-refractivity contribution in [1.82, 2.24) is 19.2 Å². The van der Waals surface area contributed by atoms with Crippen molar-refractivity contribution >= 4 is 27.6 Å². The number of nitro benzene ring substituents is 1. The Hall–Kier alpha value is -4.23. The smallest absolute Gasteiger partial charge is 0.342 e. The molecule has 0 N–H and O–H groups in total. The fraction of sp³-hybridized carbons (Fsp3) is 0.308. The van der Waals surface area contributed by atoms with Crippen LogP contribution in [0.2, 0.25) is 0 Å². The highest BCUT2D eigenvalue weighted by Gasteiger charge is 2.37. The summed E-state index contributed by atoms with van der Waals surface area (Å²) in [6.45, 7) is 5.09. The van der Waals surface area contributed by atoms with E-state index in [1.807, 2.05) is 6.07 Å². The van der Waals surface area contributed by atoms with Gasteiger partial charge in [-0.05, 0) is 32.9 Å². The molecular weight excluding hydrogens is 526 g/mol. The Labute approximate surface area is 225 Å². The van der Waals surface area contributed by atoms with E-state index in [4.69, 9.17) is 4.74 Å². The minimum atomic E-state index is -3.97. The molecule has 39 heavy (non-hydrogen) atoms. The summed E-state index contributed by atoms with van der Waals surface area (Å²) in [6.07, 6.45) is 0. The normalized spacial score (nSPS) is 16.1. The van der Waals surface area contributed by atoms with E-state index in [2.05, 4.69) is 9.97 Å². The van der Waals surface area contributed by atoms with E-state index in [1.54, 1.807) is 45.0 Å². The molecule has 0 bridgehead atoms. The number of non-ortho nitro benzene ring substituents is 1. The van der Waals surface area contributed by atoms with Gasteiger partial charge in [0.15, 0.2) is 0 Å². The number of ether oxygens (including phenoxy) is 1. The number of hydrogen-bond donors (Lipinski definition) is 0. The lowest BCUT2D eigenvalue weighted by Gasteiger charge is -2.39. The number of carbonyl (C=O) groups is 2. The summed E-state index contributed by atoms with van der Waals surface area (Å²) in [5.74, 6) is -0.982. The molecule has 2 heterocycles. The van der Waals surface area contributed by atoms with Crippen molar-refractivity contribution in [1.29, 1.82) is 0 Å². The Balaban J connectivity index is 1.64. The summed E-state index contributed by atoms with van der Waals surface area (Å²) in [5.41, 5.74) is 0.514. The van der Waals surface area contributed by atoms with Gasteiger partial charge in [-0.25, -0.2) is 23.2 Å². The van der Waals surface area contributed by atoms with E-state index in [-0.39, 0.29) is 59.6 Å². The largest absolute Gasteiger partial charge is 0.462 e. The van der Waals surface area contributed by atoms with Crippen LogP contribution < -0.4 is 0 Å². The van der Waals surface area contributed by atoms with Gasteiger partial charge in [-0.3, -0.25) is 14.9 Å². The van der Waals surface area contributed by atoms with Gasteiger partial charge in [-0.1, -0.05) is 30.3 Å². The molecule has 3 aromatic rings. The third kappa shape index (κ3) is 5.64. The molecule has 1 aliphatic rings. The number of esters is 1. The van der Waals surface area contributed by atoms with Crippen LogP contribution in [0.5, 0.6) is 0 Å². The average Bonchev–Trinajstić information content (AvgIpc) is 2.92. The topological polar surface area (TPSA) is 153 Å². The second-order valence-corrected chi connectivity index (χ2v) is 10.8. The number of aryl methyl sites for hydroxylation is 1. The molecule has 1 amide bonds. The van der Waals surface area contributed by atoms with Crippen LogP contribution in [0, 0.1) is 17.0 Å². The van der Waals surface area contributed by atoms with Crippen LogP contribution in [-0.2, 0) is 14.8 Å². The number of benzene rings is 2. The molecule has 1 fully saturated rings. The minimum absolute atomic E-state index is 0.0173. The summed E-state index contributed by atoms with van der Waals surface area (Å²) >= 11 is 0. The number of piperazine rings is 1. The van der Waals surface area contributed by atoms with Gasteiger partial charge in [0.2, 0.25) is 10.0 Å². The number of carbonyl (C=O) groups excluding carboxylic acids is 2. The molecule has 1 atom stereocenters. The first kappa shape index (κ1) is 27.8. The highest BCUT2D eigenvalue weighted by Crippen LogP contribution is 2.28. The molecule has 4 rings (SSSR count). The van der Waals surface area contributed by atoms with E-state index in [1.165, 1.54) is 21.3 Å². The minimum Gasteiger partial charge on any atom is -0.462 e. The van der Waals surface area contributed by atoms with E-state index in [9.17, 15) is 28.1 Å². The van der Waals surface area contributed by atoms with Gasteiger partial charge in [-0.2, -0.15) is 4.31 Å². The quantitative estimate of drug-likeness (QED) is 0.244. The van der Waals surface area contributed by atoms with Crippen LogP contribution in [0.4, 0.5) is 5.69 Å². The van der Waals surface area contributed by atoms with E-state index in [0.717, 1.165) is 12.1 Å². The lowest BCUT2D eigenvalue weighted by atomic mass is 10.0. The van der Waals surface area contributed by atoms with Crippen LogP contribution in [0.1, 0.15) is 40.5 Å². The van der Waals surface area contributed by atoms with Crippen LogP contribution >= 0.6 is 0 Å². The summed E-state index contributed by atoms with van der Waals surface area (Å²) < 4.78 is 33.0. The van der Waals surface area contributed by atoms with Crippen LogP contribution in [0.15, 0.2) is 59.5 Å². The first-order valence-electron chi connectivity index (χ1n) is 12.2. The van der Waals surface area contributed by atoms with Crippen molar-refractivity contribution in [3.8, 4) is 11.3 Å². The molecule has 0 aliphatic carbocycles. The maximum absolute atomic E-state index is 13.7. The molecule has 1 saturated heterocycles. The van der Waals surface area contributed by atoms with Gasteiger partial charge in [0.1, 0.15) is 17.1 Å². The summed E-state index contributed by atoms with van der Waals surface area (Å²) in [7, 11) is -3.97. The number of sulfonamides is 1. The number of amides is 1. The monoisotopic (exact) mass is 553 g/mol. The number of nitrogens with zero attached hydrogens (tertiary/aromatic N) is 5. The molecule has 1 aromatic heterocycles. The Bertz CT molecular complexity index is 1510. The molecule has 0 radical (unpaired) electrons. The maximum atomic E-state index is 13.7. The number of aromatic nitrogens is 2. The Morgan fingerprint density at radius 2 is 1.74 bits per heavy atom. The number of nitro groups is 1. The van der Waals surface area contributed by atoms with E-state index >= 15 is 0 Å². The van der Waals surface area contributed by atoms with Crippen LogP contribution in [0.3, 0.4) is 0 Å². The zero-order chi connectivity index (χ0) is 28.3. The van der Waals surface area contributed by atoms with Gasteiger partial charge >= 0.3 is 5.97 Å². The second kappa shape index (κ2) is 11.3. The van der Waals surface area contributed by atoms with Crippen molar-refractivity contribution in [2.75, 3.05) is 26.2 Å². The van der Waals surface area contributed by atoms with Crippen LogP contribution in [-0.4, -0.2) is 76.7 Å². The first-order chi connectivity index (χ1) is 18.5. The van der Waals surface area contributed by atoms with E-state index in [0.29, 0.717) is 5.56 Å². The molecule has 2 aromatic carbocycles. The van der Waals surface area contributed by atoms with Crippen molar-refractivity contribution in [3.63, 3.8) is 0 Å². The van der Waals surface area contributed by atoms with Crippen molar-refractivity contribution in [2.45, 2.75) is 31.7 Å². The fourth-order valence-electron chi connectivity index (χ4n) is 4.44. The Morgan fingerprint density at radius 1 is 1.08 bits per heavy atom.